The quantitative estimate of drug-likeness (QED) is 0.120. The molecule has 0 aromatic rings. The number of carbonyl (C=O) groups is 1. The van der Waals surface area contributed by atoms with Gasteiger partial charge in [-0.05, 0) is 54.8 Å². The van der Waals surface area contributed by atoms with Crippen LogP contribution in [0.2, 0.25) is 0 Å². The Labute approximate surface area is 203 Å². The highest BCUT2D eigenvalue weighted by Crippen LogP contribution is 2.67. The van der Waals surface area contributed by atoms with E-state index in [9.17, 15) is 4.79 Å². The standard InChI is InChI=1S/C26H42O8/c1-28-4-5-29-6-7-30-8-9-31-10-11-32-12-13-33-14-15-34-26(27)23-18-21-17-22(23)25-20-3-2-19(16-20)24(21)25/h2-3,19-25H,4-18H2,1H3. The number of methoxy groups -OCH3 is 1. The molecule has 34 heavy (non-hydrogen) atoms. The lowest BCUT2D eigenvalue weighted by molar-refractivity contribution is -0.153. The minimum absolute atomic E-state index is 0.00250. The van der Waals surface area contributed by atoms with Crippen LogP contribution in [0.15, 0.2) is 12.2 Å². The van der Waals surface area contributed by atoms with Crippen molar-refractivity contribution in [1.29, 1.82) is 0 Å². The van der Waals surface area contributed by atoms with Crippen molar-refractivity contribution in [2.24, 2.45) is 41.4 Å². The summed E-state index contributed by atoms with van der Waals surface area (Å²) >= 11 is 0. The van der Waals surface area contributed by atoms with Crippen LogP contribution in [0.25, 0.3) is 0 Å². The molecule has 0 spiro atoms. The molecule has 4 aliphatic carbocycles. The Morgan fingerprint density at radius 3 is 1.71 bits per heavy atom. The molecule has 4 aliphatic rings. The number of hydrogen-bond acceptors (Lipinski definition) is 8. The second kappa shape index (κ2) is 13.9. The maximum Gasteiger partial charge on any atom is 0.309 e. The van der Waals surface area contributed by atoms with Gasteiger partial charge in [-0.2, -0.15) is 0 Å². The van der Waals surface area contributed by atoms with Gasteiger partial charge in [0.1, 0.15) is 6.61 Å². The van der Waals surface area contributed by atoms with Gasteiger partial charge in [-0.25, -0.2) is 0 Å². The monoisotopic (exact) mass is 482 g/mol. The number of fused-ring (bicyclic) bond motifs is 9. The lowest BCUT2D eigenvalue weighted by Gasteiger charge is -2.35. The van der Waals surface area contributed by atoms with Crippen LogP contribution in [0.1, 0.15) is 19.3 Å². The number of hydrogen-bond donors (Lipinski definition) is 0. The first-order valence-corrected chi connectivity index (χ1v) is 13.0. The van der Waals surface area contributed by atoms with Crippen LogP contribution in [-0.2, 0) is 38.0 Å². The predicted molar refractivity (Wildman–Crippen MR) is 124 cm³/mol. The minimum atomic E-state index is -0.00250. The number of carbonyl (C=O) groups excluding carboxylic acids is 1. The third kappa shape index (κ3) is 6.80. The molecule has 0 heterocycles. The molecule has 0 amide bonds. The summed E-state index contributed by atoms with van der Waals surface area (Å²) in [6.07, 6.45) is 8.45. The number of allylic oxidation sites excluding steroid dienone is 2. The lowest BCUT2D eigenvalue weighted by atomic mass is 9.69. The fraction of sp³-hybridized carbons (Fsp3) is 0.885. The van der Waals surface area contributed by atoms with Crippen molar-refractivity contribution in [1.82, 2.24) is 0 Å². The molecule has 4 bridgehead atoms. The van der Waals surface area contributed by atoms with Gasteiger partial charge in [-0.1, -0.05) is 12.2 Å². The second-order valence-electron chi connectivity index (χ2n) is 9.83. The van der Waals surface area contributed by atoms with E-state index >= 15 is 0 Å². The van der Waals surface area contributed by atoms with E-state index < -0.39 is 0 Å². The van der Waals surface area contributed by atoms with E-state index in [2.05, 4.69) is 12.2 Å². The molecule has 0 N–H and O–H groups in total. The average Bonchev–Trinajstić information content (AvgIpc) is 3.63. The molecule has 4 rings (SSSR count). The highest BCUT2D eigenvalue weighted by atomic mass is 16.6. The molecule has 194 valence electrons. The van der Waals surface area contributed by atoms with Crippen LogP contribution in [0.4, 0.5) is 0 Å². The zero-order valence-electron chi connectivity index (χ0n) is 20.6. The average molecular weight is 483 g/mol. The van der Waals surface area contributed by atoms with Gasteiger partial charge in [-0.15, -0.1) is 0 Å². The summed E-state index contributed by atoms with van der Waals surface area (Å²) in [6, 6.07) is 0. The van der Waals surface area contributed by atoms with E-state index in [0.29, 0.717) is 85.2 Å². The molecule has 0 aromatic heterocycles. The first-order chi connectivity index (χ1) is 16.8. The lowest BCUT2D eigenvalue weighted by Crippen LogP contribution is -2.35. The first-order valence-electron chi connectivity index (χ1n) is 13.0. The molecule has 7 unspecified atom stereocenters. The first kappa shape index (κ1) is 26.0. The van der Waals surface area contributed by atoms with Crippen LogP contribution in [-0.4, -0.2) is 92.4 Å². The van der Waals surface area contributed by atoms with Crippen molar-refractivity contribution < 1.29 is 38.0 Å². The highest BCUT2D eigenvalue weighted by Gasteiger charge is 2.62. The maximum atomic E-state index is 12.6. The van der Waals surface area contributed by atoms with E-state index in [4.69, 9.17) is 33.2 Å². The van der Waals surface area contributed by atoms with E-state index in [0.717, 1.165) is 36.0 Å². The largest absolute Gasteiger partial charge is 0.463 e. The van der Waals surface area contributed by atoms with Gasteiger partial charge in [0, 0.05) is 7.11 Å². The molecule has 3 fully saturated rings. The predicted octanol–water partition coefficient (Wildman–Crippen LogP) is 2.35. The van der Waals surface area contributed by atoms with Gasteiger partial charge in [0.25, 0.3) is 0 Å². The molecule has 0 saturated heterocycles. The summed E-state index contributed by atoms with van der Waals surface area (Å²) in [4.78, 5) is 12.6. The molecule has 0 aromatic carbocycles. The summed E-state index contributed by atoms with van der Waals surface area (Å²) < 4.78 is 37.6. The van der Waals surface area contributed by atoms with Gasteiger partial charge < -0.3 is 33.2 Å². The smallest absolute Gasteiger partial charge is 0.309 e. The molecular weight excluding hydrogens is 440 g/mol. The van der Waals surface area contributed by atoms with Gasteiger partial charge >= 0.3 is 5.97 Å². The summed E-state index contributed by atoms with van der Waals surface area (Å²) in [7, 11) is 1.65. The highest BCUT2D eigenvalue weighted by molar-refractivity contribution is 5.73. The third-order valence-electron chi connectivity index (χ3n) is 7.96. The van der Waals surface area contributed by atoms with E-state index in [-0.39, 0.29) is 11.9 Å². The Bertz CT molecular complexity index is 640. The molecule has 0 radical (unpaired) electrons. The van der Waals surface area contributed by atoms with Crippen molar-refractivity contribution in [2.75, 3.05) is 86.4 Å². The molecule has 8 heteroatoms. The maximum absolute atomic E-state index is 12.6. The van der Waals surface area contributed by atoms with Crippen LogP contribution in [0, 0.1) is 41.4 Å². The Kier molecular flexibility index (Phi) is 10.6. The van der Waals surface area contributed by atoms with Gasteiger partial charge in [0.15, 0.2) is 0 Å². The van der Waals surface area contributed by atoms with Crippen molar-refractivity contribution in [3.63, 3.8) is 0 Å². The van der Waals surface area contributed by atoms with Gasteiger partial charge in [0.05, 0.1) is 78.6 Å². The molecule has 8 nitrogen and oxygen atoms in total. The van der Waals surface area contributed by atoms with Crippen molar-refractivity contribution in [3.05, 3.63) is 12.2 Å². The molecule has 3 saturated carbocycles. The van der Waals surface area contributed by atoms with Crippen LogP contribution < -0.4 is 0 Å². The van der Waals surface area contributed by atoms with E-state index in [1.54, 1.807) is 7.11 Å². The minimum Gasteiger partial charge on any atom is -0.463 e. The zero-order chi connectivity index (χ0) is 23.6. The molecular formula is C26H42O8. The zero-order valence-corrected chi connectivity index (χ0v) is 20.6. The Morgan fingerprint density at radius 1 is 0.647 bits per heavy atom. The Hall–Kier alpha value is -1.03. The Balaban J connectivity index is 0.909. The third-order valence-corrected chi connectivity index (χ3v) is 7.96. The van der Waals surface area contributed by atoms with Crippen molar-refractivity contribution in [3.8, 4) is 0 Å². The fourth-order valence-corrected chi connectivity index (χ4v) is 6.72. The second-order valence-corrected chi connectivity index (χ2v) is 9.83. The number of rotatable bonds is 19. The Morgan fingerprint density at radius 2 is 1.15 bits per heavy atom. The van der Waals surface area contributed by atoms with Crippen molar-refractivity contribution in [2.45, 2.75) is 19.3 Å². The topological polar surface area (TPSA) is 81.7 Å². The number of esters is 1. The summed E-state index contributed by atoms with van der Waals surface area (Å²) in [5.41, 5.74) is 0. The van der Waals surface area contributed by atoms with E-state index in [1.165, 1.54) is 12.8 Å². The summed E-state index contributed by atoms with van der Waals surface area (Å²) in [6.45, 7) is 6.13. The van der Waals surface area contributed by atoms with Crippen LogP contribution >= 0.6 is 0 Å². The number of ether oxygens (including phenoxy) is 7. The fourth-order valence-electron chi connectivity index (χ4n) is 6.72. The van der Waals surface area contributed by atoms with E-state index in [1.807, 2.05) is 0 Å². The van der Waals surface area contributed by atoms with Crippen LogP contribution in [0.5, 0.6) is 0 Å². The SMILES string of the molecule is COCCOCCOCCOCCOCCOCCOC(=O)C1CC2CC1C1C3C=CC(C3)C21. The van der Waals surface area contributed by atoms with Crippen LogP contribution in [0.3, 0.4) is 0 Å². The van der Waals surface area contributed by atoms with Gasteiger partial charge in [0.2, 0.25) is 0 Å². The normalized spacial score (nSPS) is 32.6. The molecule has 7 atom stereocenters. The van der Waals surface area contributed by atoms with Crippen molar-refractivity contribution >= 4 is 5.97 Å². The van der Waals surface area contributed by atoms with Gasteiger partial charge in [-0.3, -0.25) is 4.79 Å². The summed E-state index contributed by atoms with van der Waals surface area (Å²) in [5.74, 6) is 4.50. The molecule has 0 aliphatic heterocycles. The summed E-state index contributed by atoms with van der Waals surface area (Å²) in [5, 5.41) is 0.